The molecule has 0 saturated carbocycles. The van der Waals surface area contributed by atoms with E-state index < -0.39 is 0 Å². The molecule has 2 N–H and O–H groups in total. The summed E-state index contributed by atoms with van der Waals surface area (Å²) in [5.41, 5.74) is 4.09. The molecule has 100 valence electrons. The fourth-order valence-corrected chi connectivity index (χ4v) is 2.41. The molecule has 2 amide bonds. The number of hydrogen-bond donors (Lipinski definition) is 2. The zero-order valence-electron chi connectivity index (χ0n) is 11.5. The Morgan fingerprint density at radius 1 is 1.11 bits per heavy atom. The molecule has 0 aliphatic rings. The monoisotopic (exact) mass is 275 g/mol. The summed E-state index contributed by atoms with van der Waals surface area (Å²) in [5.74, 6) is 0. The lowest BCUT2D eigenvalue weighted by molar-refractivity contribution is 0.262. The van der Waals surface area contributed by atoms with E-state index in [1.165, 1.54) is 16.9 Å². The van der Waals surface area contributed by atoms with Crippen molar-refractivity contribution in [2.75, 3.05) is 10.6 Å². The number of hydrogen-bond acceptors (Lipinski definition) is 3. The van der Waals surface area contributed by atoms with Crippen LogP contribution in [-0.2, 0) is 0 Å². The van der Waals surface area contributed by atoms with E-state index in [-0.39, 0.29) is 6.03 Å². The molecule has 1 aromatic carbocycles. The molecule has 19 heavy (non-hydrogen) atoms. The molecule has 2 rings (SSSR count). The van der Waals surface area contributed by atoms with Gasteiger partial charge in [-0.3, -0.25) is 5.32 Å². The Morgan fingerprint density at radius 3 is 2.42 bits per heavy atom. The third-order valence-corrected chi connectivity index (χ3v) is 4.00. The summed E-state index contributed by atoms with van der Waals surface area (Å²) in [4.78, 5) is 17.2. The van der Waals surface area contributed by atoms with Crippen molar-refractivity contribution in [2.45, 2.75) is 27.7 Å². The average molecular weight is 275 g/mol. The number of rotatable bonds is 2. The molecule has 0 atom stereocenters. The number of benzene rings is 1. The van der Waals surface area contributed by atoms with Crippen LogP contribution in [0.2, 0.25) is 0 Å². The molecule has 0 spiro atoms. The molecule has 0 bridgehead atoms. The predicted octanol–water partition coefficient (Wildman–Crippen LogP) is 4.02. The second-order valence-corrected chi connectivity index (χ2v) is 5.74. The van der Waals surface area contributed by atoms with Crippen molar-refractivity contribution in [1.29, 1.82) is 0 Å². The van der Waals surface area contributed by atoms with Gasteiger partial charge in [0.15, 0.2) is 5.13 Å². The minimum atomic E-state index is -0.267. The van der Waals surface area contributed by atoms with Gasteiger partial charge in [-0.2, -0.15) is 0 Å². The van der Waals surface area contributed by atoms with Crippen molar-refractivity contribution >= 4 is 28.2 Å². The lowest BCUT2D eigenvalue weighted by Gasteiger charge is -2.07. The predicted molar refractivity (Wildman–Crippen MR) is 80.1 cm³/mol. The third kappa shape index (κ3) is 3.32. The van der Waals surface area contributed by atoms with Gasteiger partial charge in [0.25, 0.3) is 0 Å². The fraction of sp³-hybridized carbons (Fsp3) is 0.286. The van der Waals surface area contributed by atoms with Crippen molar-refractivity contribution < 1.29 is 4.79 Å². The van der Waals surface area contributed by atoms with Crippen molar-refractivity contribution in [3.8, 4) is 0 Å². The number of urea groups is 1. The molecular formula is C14H17N3OS. The topological polar surface area (TPSA) is 54.0 Å². The Kier molecular flexibility index (Phi) is 3.85. The highest BCUT2D eigenvalue weighted by atomic mass is 32.1. The number of amides is 2. The normalized spacial score (nSPS) is 10.3. The van der Waals surface area contributed by atoms with Crippen LogP contribution in [0, 0.1) is 27.7 Å². The van der Waals surface area contributed by atoms with E-state index in [9.17, 15) is 4.79 Å². The number of nitrogens with one attached hydrogen (secondary N) is 2. The molecule has 0 radical (unpaired) electrons. The summed E-state index contributed by atoms with van der Waals surface area (Å²) < 4.78 is 0. The van der Waals surface area contributed by atoms with Crippen LogP contribution in [-0.4, -0.2) is 11.0 Å². The van der Waals surface area contributed by atoms with Crippen LogP contribution < -0.4 is 10.6 Å². The number of carbonyl (C=O) groups excluding carboxylic acids is 1. The number of thiazole rings is 1. The molecule has 5 heteroatoms. The van der Waals surface area contributed by atoms with E-state index in [1.807, 2.05) is 45.9 Å². The summed E-state index contributed by atoms with van der Waals surface area (Å²) in [7, 11) is 0. The van der Waals surface area contributed by atoms with E-state index in [2.05, 4.69) is 15.6 Å². The van der Waals surface area contributed by atoms with Gasteiger partial charge in [0.2, 0.25) is 0 Å². The smallest absolute Gasteiger partial charge is 0.308 e. The van der Waals surface area contributed by atoms with Crippen LogP contribution in [0.1, 0.15) is 21.7 Å². The summed E-state index contributed by atoms with van der Waals surface area (Å²) in [6.45, 7) is 7.98. The molecule has 0 saturated heterocycles. The number of nitrogens with zero attached hydrogens (tertiary/aromatic N) is 1. The Morgan fingerprint density at radius 2 is 1.84 bits per heavy atom. The quantitative estimate of drug-likeness (QED) is 0.869. The molecule has 0 fully saturated rings. The molecular weight excluding hydrogens is 258 g/mol. The molecule has 1 heterocycles. The van der Waals surface area contributed by atoms with E-state index in [1.54, 1.807) is 0 Å². The standard InChI is InChI=1S/C14H17N3OS/c1-8-5-6-12(7-9(8)2)16-13(18)17-14-15-10(3)11(4)19-14/h5-7H,1-4H3,(H2,15,16,17,18). The number of aryl methyl sites for hydroxylation is 4. The van der Waals surface area contributed by atoms with Crippen LogP contribution in [0.15, 0.2) is 18.2 Å². The van der Waals surface area contributed by atoms with Gasteiger partial charge in [-0.25, -0.2) is 9.78 Å². The van der Waals surface area contributed by atoms with Crippen molar-refractivity contribution in [2.24, 2.45) is 0 Å². The summed E-state index contributed by atoms with van der Waals surface area (Å²) in [5, 5.41) is 6.17. The van der Waals surface area contributed by atoms with Gasteiger partial charge < -0.3 is 5.32 Å². The first-order valence-electron chi connectivity index (χ1n) is 6.05. The van der Waals surface area contributed by atoms with Gasteiger partial charge in [0.05, 0.1) is 5.69 Å². The molecule has 4 nitrogen and oxygen atoms in total. The van der Waals surface area contributed by atoms with E-state index in [0.717, 1.165) is 21.8 Å². The largest absolute Gasteiger partial charge is 0.325 e. The van der Waals surface area contributed by atoms with Crippen LogP contribution in [0.5, 0.6) is 0 Å². The van der Waals surface area contributed by atoms with Crippen LogP contribution in [0.3, 0.4) is 0 Å². The molecule has 1 aromatic heterocycles. The lowest BCUT2D eigenvalue weighted by Crippen LogP contribution is -2.19. The van der Waals surface area contributed by atoms with Crippen molar-refractivity contribution in [1.82, 2.24) is 4.98 Å². The number of anilines is 2. The van der Waals surface area contributed by atoms with Gasteiger partial charge in [-0.1, -0.05) is 6.07 Å². The van der Waals surface area contributed by atoms with Gasteiger partial charge in [-0.05, 0) is 51.0 Å². The molecule has 0 aliphatic heterocycles. The number of carbonyl (C=O) groups is 1. The zero-order valence-corrected chi connectivity index (χ0v) is 12.3. The highest BCUT2D eigenvalue weighted by Crippen LogP contribution is 2.21. The maximum absolute atomic E-state index is 11.8. The van der Waals surface area contributed by atoms with Gasteiger partial charge in [0.1, 0.15) is 0 Å². The van der Waals surface area contributed by atoms with Crippen molar-refractivity contribution in [3.05, 3.63) is 39.9 Å². The zero-order chi connectivity index (χ0) is 14.0. The fourth-order valence-electron chi connectivity index (χ4n) is 1.60. The Balaban J connectivity index is 2.03. The highest BCUT2D eigenvalue weighted by Gasteiger charge is 2.08. The first-order valence-corrected chi connectivity index (χ1v) is 6.86. The molecule has 0 unspecified atom stereocenters. The maximum atomic E-state index is 11.8. The Hall–Kier alpha value is -1.88. The van der Waals surface area contributed by atoms with Crippen LogP contribution >= 0.6 is 11.3 Å². The summed E-state index contributed by atoms with van der Waals surface area (Å²) >= 11 is 1.48. The second-order valence-electron chi connectivity index (χ2n) is 4.54. The van der Waals surface area contributed by atoms with Crippen molar-refractivity contribution in [3.63, 3.8) is 0 Å². The van der Waals surface area contributed by atoms with Gasteiger partial charge in [0, 0.05) is 10.6 Å². The average Bonchev–Trinajstić information content (AvgIpc) is 2.63. The first-order chi connectivity index (χ1) is 8.95. The SMILES string of the molecule is Cc1ccc(NC(=O)Nc2nc(C)c(C)s2)cc1C. The van der Waals surface area contributed by atoms with Gasteiger partial charge in [-0.15, -0.1) is 11.3 Å². The second kappa shape index (κ2) is 5.40. The minimum absolute atomic E-state index is 0.267. The first kappa shape index (κ1) is 13.5. The van der Waals surface area contributed by atoms with E-state index in [4.69, 9.17) is 0 Å². The third-order valence-electron chi connectivity index (χ3n) is 3.01. The Labute approximate surface area is 116 Å². The minimum Gasteiger partial charge on any atom is -0.308 e. The summed E-state index contributed by atoms with van der Waals surface area (Å²) in [6.07, 6.45) is 0. The van der Waals surface area contributed by atoms with Gasteiger partial charge >= 0.3 is 6.03 Å². The molecule has 0 aliphatic carbocycles. The lowest BCUT2D eigenvalue weighted by atomic mass is 10.1. The Bertz CT molecular complexity index is 600. The highest BCUT2D eigenvalue weighted by molar-refractivity contribution is 7.15. The van der Waals surface area contributed by atoms with E-state index >= 15 is 0 Å². The number of aromatic nitrogens is 1. The maximum Gasteiger partial charge on any atom is 0.325 e. The molecule has 2 aromatic rings. The van der Waals surface area contributed by atoms with Crippen LogP contribution in [0.4, 0.5) is 15.6 Å². The van der Waals surface area contributed by atoms with E-state index in [0.29, 0.717) is 5.13 Å². The summed E-state index contributed by atoms with van der Waals surface area (Å²) in [6, 6.07) is 5.56. The van der Waals surface area contributed by atoms with Crippen LogP contribution in [0.25, 0.3) is 0 Å².